The van der Waals surface area contributed by atoms with E-state index >= 15 is 0 Å². The highest BCUT2D eigenvalue weighted by Gasteiger charge is 2.34. The van der Waals surface area contributed by atoms with E-state index in [0.29, 0.717) is 12.0 Å². The first-order valence-electron chi connectivity index (χ1n) is 8.19. The molecule has 1 amide bonds. The molecular weight excluding hydrogens is 290 g/mol. The molecule has 6 nitrogen and oxygen atoms in total. The molecule has 0 aromatic carbocycles. The highest BCUT2D eigenvalue weighted by atomic mass is 16.2. The average Bonchev–Trinajstić information content (AvgIpc) is 3.03. The van der Waals surface area contributed by atoms with E-state index in [1.54, 1.807) is 6.33 Å². The molecule has 0 spiro atoms. The van der Waals surface area contributed by atoms with E-state index in [9.17, 15) is 4.79 Å². The van der Waals surface area contributed by atoms with Crippen molar-refractivity contribution in [2.75, 3.05) is 24.5 Å². The van der Waals surface area contributed by atoms with Crippen molar-refractivity contribution in [1.82, 2.24) is 19.9 Å². The van der Waals surface area contributed by atoms with E-state index in [2.05, 4.69) is 39.6 Å². The fourth-order valence-electron chi connectivity index (χ4n) is 3.92. The minimum atomic E-state index is 0.0231. The van der Waals surface area contributed by atoms with Gasteiger partial charge in [-0.2, -0.15) is 0 Å². The van der Waals surface area contributed by atoms with Gasteiger partial charge in [-0.25, -0.2) is 9.97 Å². The van der Waals surface area contributed by atoms with Crippen molar-refractivity contribution in [3.63, 3.8) is 0 Å². The fourth-order valence-corrected chi connectivity index (χ4v) is 3.92. The molecule has 120 valence electrons. The van der Waals surface area contributed by atoms with E-state index in [1.807, 2.05) is 4.90 Å². The maximum absolute atomic E-state index is 12.0. The molecule has 1 N–H and O–H groups in total. The number of nitrogens with one attached hydrogen (secondary N) is 1. The maximum Gasteiger partial charge on any atom is 0.246 e. The van der Waals surface area contributed by atoms with E-state index in [0.717, 1.165) is 49.3 Å². The lowest BCUT2D eigenvalue weighted by Gasteiger charge is -2.42. The van der Waals surface area contributed by atoms with E-state index < -0.39 is 0 Å². The molecule has 1 saturated heterocycles. The van der Waals surface area contributed by atoms with Crippen molar-refractivity contribution in [3.8, 4) is 0 Å². The molecule has 2 aliphatic rings. The van der Waals surface area contributed by atoms with Gasteiger partial charge in [0.05, 0.1) is 5.39 Å². The van der Waals surface area contributed by atoms with Gasteiger partial charge in [0.25, 0.3) is 0 Å². The second-order valence-corrected chi connectivity index (χ2v) is 6.50. The Morgan fingerprint density at radius 3 is 3.13 bits per heavy atom. The molecule has 0 radical (unpaired) electrons. The first kappa shape index (κ1) is 14.2. The summed E-state index contributed by atoms with van der Waals surface area (Å²) >= 11 is 0. The van der Waals surface area contributed by atoms with Gasteiger partial charge in [0.2, 0.25) is 5.91 Å². The molecule has 4 heterocycles. The van der Waals surface area contributed by atoms with Gasteiger partial charge in [0.1, 0.15) is 17.8 Å². The molecule has 6 heteroatoms. The molecule has 4 rings (SSSR count). The summed E-state index contributed by atoms with van der Waals surface area (Å²) < 4.78 is 0. The highest BCUT2D eigenvalue weighted by molar-refractivity contribution is 5.93. The zero-order valence-corrected chi connectivity index (χ0v) is 13.3. The Labute approximate surface area is 135 Å². The number of piperidine rings is 1. The Morgan fingerprint density at radius 1 is 1.43 bits per heavy atom. The van der Waals surface area contributed by atoms with Crippen LogP contribution in [0.4, 0.5) is 5.82 Å². The lowest BCUT2D eigenvalue weighted by molar-refractivity contribution is -0.127. The first-order chi connectivity index (χ1) is 11.2. The number of rotatable bonds is 2. The van der Waals surface area contributed by atoms with Crippen molar-refractivity contribution >= 4 is 22.8 Å². The number of aromatic nitrogens is 3. The van der Waals surface area contributed by atoms with E-state index in [4.69, 9.17) is 0 Å². The molecule has 2 aromatic heterocycles. The zero-order valence-electron chi connectivity index (χ0n) is 13.3. The van der Waals surface area contributed by atoms with Crippen LogP contribution in [-0.4, -0.2) is 51.4 Å². The molecule has 0 bridgehead atoms. The van der Waals surface area contributed by atoms with Crippen LogP contribution in [0.2, 0.25) is 0 Å². The number of nitrogens with zero attached hydrogens (tertiary/aromatic N) is 4. The summed E-state index contributed by atoms with van der Waals surface area (Å²) in [5.41, 5.74) is 2.19. The van der Waals surface area contributed by atoms with Gasteiger partial charge < -0.3 is 14.8 Å². The summed E-state index contributed by atoms with van der Waals surface area (Å²) in [6.45, 7) is 8.33. The largest absolute Gasteiger partial charge is 0.351 e. The molecule has 1 fully saturated rings. The number of aromatic amines is 1. The van der Waals surface area contributed by atoms with Gasteiger partial charge in [0.15, 0.2) is 0 Å². The summed E-state index contributed by atoms with van der Waals surface area (Å²) in [6, 6.07) is 0.302. The van der Waals surface area contributed by atoms with Gasteiger partial charge in [-0.05, 0) is 24.5 Å². The number of hydrogen-bond acceptors (Lipinski definition) is 4. The Hall–Kier alpha value is -2.37. The van der Waals surface area contributed by atoms with Crippen molar-refractivity contribution in [2.45, 2.75) is 31.7 Å². The molecule has 2 atom stereocenters. The van der Waals surface area contributed by atoms with Crippen LogP contribution in [0.3, 0.4) is 0 Å². The first-order valence-corrected chi connectivity index (χ1v) is 8.19. The molecule has 2 aromatic rings. The van der Waals surface area contributed by atoms with Gasteiger partial charge >= 0.3 is 0 Å². The fraction of sp³-hybridized carbons (Fsp3) is 0.471. The van der Waals surface area contributed by atoms with Crippen molar-refractivity contribution in [3.05, 3.63) is 30.7 Å². The Morgan fingerprint density at radius 2 is 2.30 bits per heavy atom. The highest BCUT2D eigenvalue weighted by Crippen LogP contribution is 2.38. The molecule has 0 saturated carbocycles. The molecule has 0 aliphatic carbocycles. The van der Waals surface area contributed by atoms with Gasteiger partial charge in [-0.1, -0.05) is 13.5 Å². The standard InChI is InChI=1S/C17H21N5O/c1-3-14(23)21-6-4-5-12(9-21)22-8-11(2)13-7-18-16-15(13)17(22)20-10-19-16/h3,7,10-12H,1,4-6,8-9H2,2H3,(H,18,19,20)/t11?,12-/m1/s1. The van der Waals surface area contributed by atoms with Crippen LogP contribution in [0.15, 0.2) is 25.2 Å². The summed E-state index contributed by atoms with van der Waals surface area (Å²) in [4.78, 5) is 28.4. The minimum absolute atomic E-state index is 0.0231. The van der Waals surface area contributed by atoms with Crippen LogP contribution in [0.1, 0.15) is 31.2 Å². The normalized spacial score (nSPS) is 24.0. The summed E-state index contributed by atoms with van der Waals surface area (Å²) in [5.74, 6) is 1.45. The van der Waals surface area contributed by atoms with Gasteiger partial charge in [-0.15, -0.1) is 0 Å². The second-order valence-electron chi connectivity index (χ2n) is 6.50. The van der Waals surface area contributed by atoms with Crippen LogP contribution in [0.5, 0.6) is 0 Å². The predicted molar refractivity (Wildman–Crippen MR) is 89.4 cm³/mol. The summed E-state index contributed by atoms with van der Waals surface area (Å²) in [7, 11) is 0. The van der Waals surface area contributed by atoms with Gasteiger partial charge in [0, 0.05) is 37.8 Å². The number of amides is 1. The van der Waals surface area contributed by atoms with Crippen molar-refractivity contribution < 1.29 is 4.79 Å². The van der Waals surface area contributed by atoms with Gasteiger partial charge in [-0.3, -0.25) is 4.79 Å². The Balaban J connectivity index is 1.70. The second kappa shape index (κ2) is 5.37. The van der Waals surface area contributed by atoms with E-state index in [1.165, 1.54) is 11.6 Å². The number of likely N-dealkylation sites (tertiary alicyclic amines) is 1. The van der Waals surface area contributed by atoms with Crippen LogP contribution in [0.25, 0.3) is 11.0 Å². The molecule has 23 heavy (non-hydrogen) atoms. The SMILES string of the molecule is C=CC(=O)N1CCC[C@@H](N2CC(C)c3c[nH]c4ncnc2c34)C1. The number of hydrogen-bond donors (Lipinski definition) is 1. The third-order valence-corrected chi connectivity index (χ3v) is 5.08. The molecule has 1 unspecified atom stereocenters. The molecule has 2 aliphatic heterocycles. The monoisotopic (exact) mass is 311 g/mol. The summed E-state index contributed by atoms with van der Waals surface area (Å²) in [5, 5.41) is 1.14. The number of carbonyl (C=O) groups is 1. The number of carbonyl (C=O) groups excluding carboxylic acids is 1. The predicted octanol–water partition coefficient (Wildman–Crippen LogP) is 2.06. The third kappa shape index (κ3) is 2.20. The zero-order chi connectivity index (χ0) is 16.0. The van der Waals surface area contributed by atoms with Crippen LogP contribution in [0, 0.1) is 0 Å². The van der Waals surface area contributed by atoms with E-state index in [-0.39, 0.29) is 5.91 Å². The number of anilines is 1. The van der Waals surface area contributed by atoms with Crippen molar-refractivity contribution in [1.29, 1.82) is 0 Å². The minimum Gasteiger partial charge on any atom is -0.351 e. The smallest absolute Gasteiger partial charge is 0.246 e. The van der Waals surface area contributed by atoms with Crippen molar-refractivity contribution in [2.24, 2.45) is 0 Å². The maximum atomic E-state index is 12.0. The van der Waals surface area contributed by atoms with Crippen LogP contribution < -0.4 is 4.90 Å². The van der Waals surface area contributed by atoms with Crippen LogP contribution >= 0.6 is 0 Å². The Bertz CT molecular complexity index is 767. The lowest BCUT2D eigenvalue weighted by Crippen LogP contribution is -2.51. The quantitative estimate of drug-likeness (QED) is 0.862. The lowest BCUT2D eigenvalue weighted by atomic mass is 9.93. The third-order valence-electron chi connectivity index (χ3n) is 5.08. The molecular formula is C17H21N5O. The topological polar surface area (TPSA) is 65.1 Å². The summed E-state index contributed by atoms with van der Waals surface area (Å²) in [6.07, 6.45) is 7.19. The van der Waals surface area contributed by atoms with Crippen LogP contribution in [-0.2, 0) is 4.79 Å². The number of H-pyrrole nitrogens is 1. The Kier molecular flexibility index (Phi) is 3.32. The average molecular weight is 311 g/mol.